The SMILES string of the molecule is CCn1ncc(-c2nc3c(S(=O)(=O)c4cc[nH]c4C(=O)C4CCOCC4)ncnc3n2C)c1C. The predicted octanol–water partition coefficient (Wildman–Crippen LogP) is 2.33. The number of carbonyl (C=O) groups is 1. The topological polar surface area (TPSA) is 138 Å². The number of nitrogens with zero attached hydrogens (tertiary/aromatic N) is 6. The van der Waals surface area contributed by atoms with Crippen LogP contribution in [0.2, 0.25) is 0 Å². The Labute approximate surface area is 196 Å². The highest BCUT2D eigenvalue weighted by molar-refractivity contribution is 7.91. The van der Waals surface area contributed by atoms with Crippen LogP contribution in [0.25, 0.3) is 22.6 Å². The van der Waals surface area contributed by atoms with Gasteiger partial charge in [-0.1, -0.05) is 0 Å². The summed E-state index contributed by atoms with van der Waals surface area (Å²) in [5, 5.41) is 4.13. The molecule has 0 aliphatic carbocycles. The highest BCUT2D eigenvalue weighted by Gasteiger charge is 2.33. The normalized spacial score (nSPS) is 15.3. The molecule has 1 N–H and O–H groups in total. The fraction of sp³-hybridized carbons (Fsp3) is 0.409. The summed E-state index contributed by atoms with van der Waals surface area (Å²) in [6, 6.07) is 1.40. The van der Waals surface area contributed by atoms with Crippen molar-refractivity contribution in [3.05, 3.63) is 36.2 Å². The van der Waals surface area contributed by atoms with Gasteiger partial charge in [0.05, 0.1) is 11.8 Å². The zero-order valence-electron chi connectivity index (χ0n) is 19.1. The summed E-state index contributed by atoms with van der Waals surface area (Å²) in [6.45, 7) is 5.59. The average Bonchev–Trinajstić information content (AvgIpc) is 3.56. The summed E-state index contributed by atoms with van der Waals surface area (Å²) in [4.78, 5) is 28.9. The minimum atomic E-state index is -4.16. The van der Waals surface area contributed by atoms with Crippen molar-refractivity contribution in [3.8, 4) is 11.4 Å². The van der Waals surface area contributed by atoms with E-state index in [1.807, 2.05) is 18.5 Å². The van der Waals surface area contributed by atoms with Crippen molar-refractivity contribution in [1.29, 1.82) is 0 Å². The first kappa shape index (κ1) is 22.4. The summed E-state index contributed by atoms with van der Waals surface area (Å²) < 4.78 is 36.4. The van der Waals surface area contributed by atoms with Gasteiger partial charge in [0, 0.05) is 44.6 Å². The molecule has 0 amide bonds. The van der Waals surface area contributed by atoms with E-state index in [0.717, 1.165) is 11.3 Å². The van der Waals surface area contributed by atoms with Crippen molar-refractivity contribution in [2.24, 2.45) is 13.0 Å². The van der Waals surface area contributed by atoms with Crippen LogP contribution in [-0.2, 0) is 28.2 Å². The van der Waals surface area contributed by atoms with Crippen LogP contribution in [0.5, 0.6) is 0 Å². The molecule has 0 bridgehead atoms. The molecular formula is C22H25N7O4S. The second-order valence-electron chi connectivity index (χ2n) is 8.28. The van der Waals surface area contributed by atoms with Gasteiger partial charge in [-0.25, -0.2) is 23.4 Å². The Hall–Kier alpha value is -3.38. The third-order valence-electron chi connectivity index (χ3n) is 6.36. The van der Waals surface area contributed by atoms with Crippen molar-refractivity contribution in [2.45, 2.75) is 43.2 Å². The Balaban J connectivity index is 1.62. The first-order valence-corrected chi connectivity index (χ1v) is 12.6. The van der Waals surface area contributed by atoms with Gasteiger partial charge in [-0.3, -0.25) is 9.48 Å². The molecule has 4 aromatic rings. The van der Waals surface area contributed by atoms with Crippen LogP contribution in [0.3, 0.4) is 0 Å². The number of rotatable bonds is 6. The predicted molar refractivity (Wildman–Crippen MR) is 122 cm³/mol. The molecule has 0 aromatic carbocycles. The smallest absolute Gasteiger partial charge is 0.228 e. The number of hydrogen-bond acceptors (Lipinski definition) is 8. The largest absolute Gasteiger partial charge is 0.381 e. The van der Waals surface area contributed by atoms with Crippen molar-refractivity contribution in [3.63, 3.8) is 0 Å². The molecule has 4 aromatic heterocycles. The van der Waals surface area contributed by atoms with Gasteiger partial charge in [0.2, 0.25) is 9.84 Å². The highest BCUT2D eigenvalue weighted by atomic mass is 32.2. The van der Waals surface area contributed by atoms with E-state index in [1.165, 1.54) is 18.6 Å². The molecule has 1 fully saturated rings. The molecule has 1 aliphatic rings. The number of imidazole rings is 1. The molecule has 178 valence electrons. The Morgan fingerprint density at radius 2 is 2.03 bits per heavy atom. The van der Waals surface area contributed by atoms with E-state index in [1.54, 1.807) is 17.8 Å². The van der Waals surface area contributed by atoms with Gasteiger partial charge >= 0.3 is 0 Å². The van der Waals surface area contributed by atoms with Crippen molar-refractivity contribution >= 4 is 26.8 Å². The van der Waals surface area contributed by atoms with Crippen LogP contribution in [-0.4, -0.2) is 61.7 Å². The van der Waals surface area contributed by atoms with Crippen LogP contribution < -0.4 is 0 Å². The molecule has 0 saturated carbocycles. The Kier molecular flexibility index (Phi) is 5.56. The summed E-state index contributed by atoms with van der Waals surface area (Å²) in [5.74, 6) is 0.0181. The van der Waals surface area contributed by atoms with E-state index in [2.05, 4.69) is 25.0 Å². The fourth-order valence-corrected chi connectivity index (χ4v) is 5.90. The van der Waals surface area contributed by atoms with E-state index in [4.69, 9.17) is 4.74 Å². The molecule has 0 unspecified atom stereocenters. The molecule has 5 heterocycles. The number of aromatic nitrogens is 7. The number of sulfone groups is 1. The van der Waals surface area contributed by atoms with Crippen molar-refractivity contribution in [1.82, 2.24) is 34.3 Å². The van der Waals surface area contributed by atoms with E-state index in [9.17, 15) is 13.2 Å². The number of ether oxygens (including phenoxy) is 1. The molecule has 0 spiro atoms. The number of fused-ring (bicyclic) bond motifs is 1. The summed E-state index contributed by atoms with van der Waals surface area (Å²) in [6.07, 6.45) is 5.49. The molecule has 1 saturated heterocycles. The number of aryl methyl sites for hydroxylation is 2. The summed E-state index contributed by atoms with van der Waals surface area (Å²) in [5.41, 5.74) is 2.28. The number of Topliss-reactive ketones (excluding diaryl/α,β-unsaturated/α-hetero) is 1. The highest BCUT2D eigenvalue weighted by Crippen LogP contribution is 2.32. The Morgan fingerprint density at radius 3 is 2.74 bits per heavy atom. The number of ketones is 1. The van der Waals surface area contributed by atoms with Crippen LogP contribution in [0.4, 0.5) is 0 Å². The maximum Gasteiger partial charge on any atom is 0.228 e. The Morgan fingerprint density at radius 1 is 1.26 bits per heavy atom. The third-order valence-corrected chi connectivity index (χ3v) is 8.08. The van der Waals surface area contributed by atoms with Gasteiger partial charge in [-0.15, -0.1) is 0 Å². The molecule has 34 heavy (non-hydrogen) atoms. The lowest BCUT2D eigenvalue weighted by Crippen LogP contribution is -2.25. The van der Waals surface area contributed by atoms with Crippen LogP contribution in [0.1, 0.15) is 35.9 Å². The van der Waals surface area contributed by atoms with E-state index < -0.39 is 9.84 Å². The quantitative estimate of drug-likeness (QED) is 0.326. The minimum Gasteiger partial charge on any atom is -0.381 e. The lowest BCUT2D eigenvalue weighted by atomic mass is 9.94. The number of nitrogens with one attached hydrogen (secondary N) is 1. The lowest BCUT2D eigenvalue weighted by molar-refractivity contribution is 0.0540. The van der Waals surface area contributed by atoms with Crippen LogP contribution in [0, 0.1) is 12.8 Å². The van der Waals surface area contributed by atoms with Gasteiger partial charge < -0.3 is 14.3 Å². The zero-order chi connectivity index (χ0) is 24.0. The monoisotopic (exact) mass is 483 g/mol. The summed E-state index contributed by atoms with van der Waals surface area (Å²) in [7, 11) is -2.39. The maximum atomic E-state index is 13.7. The molecule has 0 atom stereocenters. The molecule has 5 rings (SSSR count). The van der Waals surface area contributed by atoms with Gasteiger partial charge in [-0.05, 0) is 32.8 Å². The van der Waals surface area contributed by atoms with Crippen molar-refractivity contribution < 1.29 is 17.9 Å². The fourth-order valence-electron chi connectivity index (χ4n) is 4.44. The number of aromatic amines is 1. The number of hydrogen-bond donors (Lipinski definition) is 1. The number of carbonyl (C=O) groups excluding carboxylic acids is 1. The van der Waals surface area contributed by atoms with Gasteiger partial charge in [-0.2, -0.15) is 5.10 Å². The second kappa shape index (κ2) is 8.44. The Bertz CT molecular complexity index is 1490. The number of H-pyrrole nitrogens is 1. The van der Waals surface area contributed by atoms with E-state index in [0.29, 0.717) is 44.1 Å². The second-order valence-corrected chi connectivity index (χ2v) is 10.1. The molecule has 1 aliphatic heterocycles. The first-order valence-electron chi connectivity index (χ1n) is 11.1. The lowest BCUT2D eigenvalue weighted by Gasteiger charge is -2.20. The molecule has 0 radical (unpaired) electrons. The first-order chi connectivity index (χ1) is 16.3. The third kappa shape index (κ3) is 3.44. The molecule has 11 nitrogen and oxygen atoms in total. The minimum absolute atomic E-state index is 0.0647. The van der Waals surface area contributed by atoms with E-state index >= 15 is 0 Å². The van der Waals surface area contributed by atoms with Gasteiger partial charge in [0.15, 0.2) is 16.5 Å². The maximum absolute atomic E-state index is 13.7. The summed E-state index contributed by atoms with van der Waals surface area (Å²) >= 11 is 0. The van der Waals surface area contributed by atoms with Crippen LogP contribution >= 0.6 is 0 Å². The standard InChI is InChI=1S/C22H25N7O4S/c1-4-29-13(2)15(11-26-29)20-27-18-21(28(20)3)24-12-25-22(18)34(31,32)16-5-8-23-17(16)19(30)14-6-9-33-10-7-14/h5,8,11-12,14,23H,4,6-7,9-10H2,1-3H3. The zero-order valence-corrected chi connectivity index (χ0v) is 20.0. The van der Waals surface area contributed by atoms with Gasteiger partial charge in [0.1, 0.15) is 28.3 Å². The molecular weight excluding hydrogens is 458 g/mol. The van der Waals surface area contributed by atoms with Crippen LogP contribution in [0.15, 0.2) is 34.7 Å². The van der Waals surface area contributed by atoms with E-state index in [-0.39, 0.29) is 32.8 Å². The average molecular weight is 484 g/mol. The molecule has 12 heteroatoms. The van der Waals surface area contributed by atoms with Gasteiger partial charge in [0.25, 0.3) is 0 Å². The van der Waals surface area contributed by atoms with Crippen molar-refractivity contribution in [2.75, 3.05) is 13.2 Å².